The fraction of sp³-hybridized carbons (Fsp3) is 0.667. The highest BCUT2D eigenvalue weighted by Crippen LogP contribution is 1.93. The monoisotopic (exact) mass is 280 g/mol. The van der Waals surface area contributed by atoms with Crippen LogP contribution in [0.1, 0.15) is 12.8 Å². The number of carbonyl (C=O) groups excluding carboxylic acids is 2. The zero-order chi connectivity index (χ0) is 14.2. The second-order valence-electron chi connectivity index (χ2n) is 3.68. The van der Waals surface area contributed by atoms with Crippen LogP contribution in [-0.2, 0) is 24.2 Å². The van der Waals surface area contributed by atoms with E-state index in [1.165, 1.54) is 0 Å². The number of carboxylic acid groups (broad SMARTS) is 1. The van der Waals surface area contributed by atoms with Gasteiger partial charge in [0.1, 0.15) is 16.4 Å². The van der Waals surface area contributed by atoms with Gasteiger partial charge in [0.2, 0.25) is 11.8 Å². The Balaban J connectivity index is 3.70. The van der Waals surface area contributed by atoms with Crippen molar-refractivity contribution in [2.75, 3.05) is 25.1 Å². The van der Waals surface area contributed by atoms with Crippen LogP contribution in [0.3, 0.4) is 0 Å². The number of sulfone groups is 1. The van der Waals surface area contributed by atoms with Crippen molar-refractivity contribution in [1.82, 2.24) is 10.6 Å². The van der Waals surface area contributed by atoms with Crippen LogP contribution in [-0.4, -0.2) is 56.4 Å². The highest BCUT2D eigenvalue weighted by molar-refractivity contribution is 7.90. The van der Waals surface area contributed by atoms with Crippen LogP contribution in [0.15, 0.2) is 0 Å². The van der Waals surface area contributed by atoms with Crippen molar-refractivity contribution in [3.63, 3.8) is 0 Å². The van der Waals surface area contributed by atoms with Crippen molar-refractivity contribution < 1.29 is 27.9 Å². The average Bonchev–Trinajstić information content (AvgIpc) is 2.21. The summed E-state index contributed by atoms with van der Waals surface area (Å²) in [5, 5.41) is 12.6. The molecule has 9 heteroatoms. The highest BCUT2D eigenvalue weighted by atomic mass is 32.2. The van der Waals surface area contributed by atoms with Gasteiger partial charge in [-0.3, -0.25) is 14.4 Å². The zero-order valence-electron chi connectivity index (χ0n) is 9.93. The van der Waals surface area contributed by atoms with Crippen LogP contribution in [0, 0.1) is 0 Å². The molecule has 8 nitrogen and oxygen atoms in total. The molecule has 2 amide bonds. The second kappa shape index (κ2) is 7.64. The Morgan fingerprint density at radius 2 is 1.61 bits per heavy atom. The predicted molar refractivity (Wildman–Crippen MR) is 62.6 cm³/mol. The number of aliphatic carboxylic acids is 1. The van der Waals surface area contributed by atoms with Crippen molar-refractivity contribution in [3.05, 3.63) is 0 Å². The molecular weight excluding hydrogens is 264 g/mol. The lowest BCUT2D eigenvalue weighted by molar-refractivity contribution is -0.137. The number of nitrogens with one attached hydrogen (secondary N) is 2. The van der Waals surface area contributed by atoms with E-state index in [-0.39, 0.29) is 25.1 Å². The lowest BCUT2D eigenvalue weighted by Gasteiger charge is -2.05. The van der Waals surface area contributed by atoms with Crippen molar-refractivity contribution in [3.8, 4) is 0 Å². The Labute approximate surface area is 105 Å². The smallest absolute Gasteiger partial charge is 0.322 e. The Morgan fingerprint density at radius 1 is 1.06 bits per heavy atom. The maximum Gasteiger partial charge on any atom is 0.322 e. The van der Waals surface area contributed by atoms with E-state index < -0.39 is 34.2 Å². The molecule has 0 aliphatic heterocycles. The topological polar surface area (TPSA) is 130 Å². The van der Waals surface area contributed by atoms with Gasteiger partial charge in [-0.15, -0.1) is 0 Å². The molecule has 0 rings (SSSR count). The third-order valence-electron chi connectivity index (χ3n) is 1.80. The quantitative estimate of drug-likeness (QED) is 0.477. The summed E-state index contributed by atoms with van der Waals surface area (Å²) < 4.78 is 21.6. The van der Waals surface area contributed by atoms with Gasteiger partial charge >= 0.3 is 5.97 Å². The largest absolute Gasteiger partial charge is 0.480 e. The third-order valence-corrected chi connectivity index (χ3v) is 2.83. The van der Waals surface area contributed by atoms with Gasteiger partial charge in [-0.05, 0) is 6.42 Å². The van der Waals surface area contributed by atoms with E-state index in [4.69, 9.17) is 5.11 Å². The summed E-state index contributed by atoms with van der Waals surface area (Å²) in [7, 11) is -3.09. The number of hydrogen-bond acceptors (Lipinski definition) is 5. The lowest BCUT2D eigenvalue weighted by atomic mass is 10.3. The van der Waals surface area contributed by atoms with Gasteiger partial charge < -0.3 is 15.7 Å². The van der Waals surface area contributed by atoms with Gasteiger partial charge in [-0.2, -0.15) is 0 Å². The highest BCUT2D eigenvalue weighted by Gasteiger charge is 2.08. The van der Waals surface area contributed by atoms with E-state index in [1.807, 2.05) is 0 Å². The van der Waals surface area contributed by atoms with Crippen molar-refractivity contribution >= 4 is 27.6 Å². The van der Waals surface area contributed by atoms with Gasteiger partial charge in [-0.25, -0.2) is 8.42 Å². The second-order valence-corrected chi connectivity index (χ2v) is 5.94. The van der Waals surface area contributed by atoms with Crippen LogP contribution >= 0.6 is 0 Å². The molecule has 0 radical (unpaired) electrons. The molecule has 0 bridgehead atoms. The predicted octanol–water partition coefficient (Wildman–Crippen LogP) is -1.87. The minimum absolute atomic E-state index is 0.000714. The van der Waals surface area contributed by atoms with Crippen molar-refractivity contribution in [2.45, 2.75) is 12.8 Å². The van der Waals surface area contributed by atoms with Crippen LogP contribution in [0.5, 0.6) is 0 Å². The molecular formula is C9H16N2O6S. The zero-order valence-corrected chi connectivity index (χ0v) is 10.7. The van der Waals surface area contributed by atoms with Gasteiger partial charge in [0, 0.05) is 12.7 Å². The van der Waals surface area contributed by atoms with E-state index in [2.05, 4.69) is 10.6 Å². The molecule has 0 aliphatic rings. The Morgan fingerprint density at radius 3 is 2.11 bits per heavy atom. The lowest BCUT2D eigenvalue weighted by Crippen LogP contribution is -2.39. The third kappa shape index (κ3) is 10.9. The van der Waals surface area contributed by atoms with Crippen LogP contribution < -0.4 is 10.6 Å². The number of carboxylic acids is 1. The number of hydrogen-bond donors (Lipinski definition) is 3. The van der Waals surface area contributed by atoms with E-state index in [0.717, 1.165) is 6.26 Å². The summed E-state index contributed by atoms with van der Waals surface area (Å²) in [5.41, 5.74) is 0. The number of amides is 2. The Kier molecular flexibility index (Phi) is 6.94. The summed E-state index contributed by atoms with van der Waals surface area (Å²) in [4.78, 5) is 32.3. The molecule has 0 aromatic heterocycles. The molecule has 0 saturated heterocycles. The molecule has 0 unspecified atom stereocenters. The standard InChI is InChI=1S/C9H16N2O6S/c1-18(16,17)4-2-3-7(12)10-5-8(13)11-6-9(14)15/h2-6H2,1H3,(H,10,12)(H,11,13)(H,14,15). The van der Waals surface area contributed by atoms with E-state index >= 15 is 0 Å². The normalized spacial score (nSPS) is 10.7. The molecule has 0 atom stereocenters. The van der Waals surface area contributed by atoms with Crippen molar-refractivity contribution in [1.29, 1.82) is 0 Å². The fourth-order valence-corrected chi connectivity index (χ4v) is 1.67. The molecule has 0 saturated carbocycles. The van der Waals surface area contributed by atoms with E-state index in [0.29, 0.717) is 0 Å². The maximum absolute atomic E-state index is 11.2. The summed E-state index contributed by atoms with van der Waals surface area (Å²) in [6.45, 7) is -0.840. The first kappa shape index (κ1) is 16.4. The Hall–Kier alpha value is -1.64. The molecule has 104 valence electrons. The SMILES string of the molecule is CS(=O)(=O)CCCC(=O)NCC(=O)NCC(=O)O. The first-order chi connectivity index (χ1) is 8.20. The summed E-state index contributed by atoms with van der Waals surface area (Å²) >= 11 is 0. The van der Waals surface area contributed by atoms with Crippen LogP contribution in [0.25, 0.3) is 0 Å². The maximum atomic E-state index is 11.2. The molecule has 3 N–H and O–H groups in total. The van der Waals surface area contributed by atoms with Crippen LogP contribution in [0.2, 0.25) is 0 Å². The molecule has 0 aromatic carbocycles. The minimum atomic E-state index is -3.09. The van der Waals surface area contributed by atoms with Crippen molar-refractivity contribution in [2.24, 2.45) is 0 Å². The van der Waals surface area contributed by atoms with Gasteiger partial charge in [0.15, 0.2) is 0 Å². The summed E-state index contributed by atoms with van der Waals surface area (Å²) in [5.74, 6) is -2.34. The molecule has 0 spiro atoms. The first-order valence-corrected chi connectivity index (χ1v) is 7.19. The molecule has 0 aromatic rings. The van der Waals surface area contributed by atoms with Gasteiger partial charge in [-0.1, -0.05) is 0 Å². The van der Waals surface area contributed by atoms with Gasteiger partial charge in [0.05, 0.1) is 12.3 Å². The Bertz CT molecular complexity index is 417. The minimum Gasteiger partial charge on any atom is -0.480 e. The van der Waals surface area contributed by atoms with Crippen LogP contribution in [0.4, 0.5) is 0 Å². The summed E-state index contributed by atoms with van der Waals surface area (Å²) in [6, 6.07) is 0. The average molecular weight is 280 g/mol. The molecule has 0 aliphatic carbocycles. The number of rotatable bonds is 8. The number of carbonyl (C=O) groups is 3. The first-order valence-electron chi connectivity index (χ1n) is 5.13. The fourth-order valence-electron chi connectivity index (χ4n) is 0.999. The molecule has 0 fully saturated rings. The summed E-state index contributed by atoms with van der Waals surface area (Å²) in [6.07, 6.45) is 1.25. The van der Waals surface area contributed by atoms with E-state index in [1.54, 1.807) is 0 Å². The molecule has 0 heterocycles. The molecule has 18 heavy (non-hydrogen) atoms. The van der Waals surface area contributed by atoms with E-state index in [9.17, 15) is 22.8 Å². The van der Waals surface area contributed by atoms with Gasteiger partial charge in [0.25, 0.3) is 0 Å².